The van der Waals surface area contributed by atoms with E-state index < -0.39 is 0 Å². The van der Waals surface area contributed by atoms with Crippen LogP contribution in [0.2, 0.25) is 0 Å². The lowest BCUT2D eigenvalue weighted by Crippen LogP contribution is -2.48. The number of benzene rings is 1. The van der Waals surface area contributed by atoms with E-state index in [1.807, 2.05) is 13.8 Å². The van der Waals surface area contributed by atoms with Crippen molar-refractivity contribution in [2.24, 2.45) is 0 Å². The summed E-state index contributed by atoms with van der Waals surface area (Å²) in [6.07, 6.45) is 4.26. The van der Waals surface area contributed by atoms with Crippen molar-refractivity contribution >= 4 is 5.91 Å². The number of rotatable bonds is 4. The van der Waals surface area contributed by atoms with Crippen molar-refractivity contribution in [3.63, 3.8) is 0 Å². The lowest BCUT2D eigenvalue weighted by atomic mass is 10.00. The number of carbonyl (C=O) groups excluding carboxylic acids is 1. The quantitative estimate of drug-likeness (QED) is 0.882. The van der Waals surface area contributed by atoms with Gasteiger partial charge in [-0.25, -0.2) is 14.1 Å². The standard InChI is InChI=1S/C19H24FN5O/c1-11(2)18-23-17(24-25(18)16-5-3-4-12(20)8-16)19(26)22-15-9-13-6-7-14(10-15)21-13/h3-5,8,11,13-15,21H,6-7,9-10H2,1-2H3,(H,22,26). The van der Waals surface area contributed by atoms with Gasteiger partial charge in [-0.3, -0.25) is 4.79 Å². The van der Waals surface area contributed by atoms with Crippen molar-refractivity contribution < 1.29 is 9.18 Å². The maximum Gasteiger partial charge on any atom is 0.291 e. The zero-order chi connectivity index (χ0) is 18.3. The van der Waals surface area contributed by atoms with Crippen LogP contribution in [0.25, 0.3) is 5.69 Å². The Balaban J connectivity index is 1.56. The first-order valence-electron chi connectivity index (χ1n) is 9.29. The van der Waals surface area contributed by atoms with Gasteiger partial charge in [0.15, 0.2) is 0 Å². The summed E-state index contributed by atoms with van der Waals surface area (Å²) in [4.78, 5) is 17.1. The molecule has 0 radical (unpaired) electrons. The molecule has 26 heavy (non-hydrogen) atoms. The Bertz CT molecular complexity index is 806. The number of amides is 1. The molecule has 2 saturated heterocycles. The van der Waals surface area contributed by atoms with Crippen LogP contribution in [-0.2, 0) is 0 Å². The minimum atomic E-state index is -0.344. The highest BCUT2D eigenvalue weighted by Gasteiger charge is 2.34. The molecule has 2 bridgehead atoms. The molecule has 2 unspecified atom stereocenters. The number of halogens is 1. The van der Waals surface area contributed by atoms with Crippen LogP contribution >= 0.6 is 0 Å². The minimum absolute atomic E-state index is 0.0574. The normalized spacial score (nSPS) is 24.8. The zero-order valence-electron chi connectivity index (χ0n) is 15.1. The first kappa shape index (κ1) is 17.1. The number of carbonyl (C=O) groups is 1. The smallest absolute Gasteiger partial charge is 0.291 e. The highest BCUT2D eigenvalue weighted by atomic mass is 19.1. The summed E-state index contributed by atoms with van der Waals surface area (Å²) in [5, 5.41) is 11.0. The van der Waals surface area contributed by atoms with Crippen molar-refractivity contribution in [2.45, 2.75) is 63.6 Å². The van der Waals surface area contributed by atoms with Crippen molar-refractivity contribution in [3.8, 4) is 5.69 Å². The van der Waals surface area contributed by atoms with E-state index in [4.69, 9.17) is 0 Å². The molecule has 1 amide bonds. The van der Waals surface area contributed by atoms with Crippen molar-refractivity contribution in [1.82, 2.24) is 25.4 Å². The fraction of sp³-hybridized carbons (Fsp3) is 0.526. The predicted octanol–water partition coefficient (Wildman–Crippen LogP) is 2.54. The summed E-state index contributed by atoms with van der Waals surface area (Å²) in [5.41, 5.74) is 0.570. The predicted molar refractivity (Wildman–Crippen MR) is 95.8 cm³/mol. The van der Waals surface area contributed by atoms with E-state index in [0.717, 1.165) is 12.8 Å². The molecular weight excluding hydrogens is 333 g/mol. The number of fused-ring (bicyclic) bond motifs is 2. The van der Waals surface area contributed by atoms with Crippen LogP contribution in [0.4, 0.5) is 4.39 Å². The Morgan fingerprint density at radius 3 is 2.69 bits per heavy atom. The monoisotopic (exact) mass is 357 g/mol. The molecule has 4 rings (SSSR count). The van der Waals surface area contributed by atoms with E-state index in [0.29, 0.717) is 23.6 Å². The maximum atomic E-state index is 13.6. The van der Waals surface area contributed by atoms with E-state index in [9.17, 15) is 9.18 Å². The van der Waals surface area contributed by atoms with Gasteiger partial charge in [-0.2, -0.15) is 0 Å². The molecule has 0 aliphatic carbocycles. The fourth-order valence-electron chi connectivity index (χ4n) is 4.02. The van der Waals surface area contributed by atoms with Crippen molar-refractivity contribution in [1.29, 1.82) is 0 Å². The van der Waals surface area contributed by atoms with Crippen LogP contribution in [0.1, 0.15) is 61.9 Å². The van der Waals surface area contributed by atoms with Crippen LogP contribution in [-0.4, -0.2) is 38.8 Å². The molecule has 2 atom stereocenters. The summed E-state index contributed by atoms with van der Waals surface area (Å²) in [6.45, 7) is 3.96. The second kappa shape index (κ2) is 6.79. The zero-order valence-corrected chi connectivity index (χ0v) is 15.1. The molecule has 2 fully saturated rings. The van der Waals surface area contributed by atoms with Crippen molar-refractivity contribution in [3.05, 3.63) is 41.7 Å². The van der Waals surface area contributed by atoms with Crippen LogP contribution in [0.3, 0.4) is 0 Å². The van der Waals surface area contributed by atoms with Gasteiger partial charge in [0.25, 0.3) is 5.91 Å². The molecule has 1 aromatic carbocycles. The van der Waals surface area contributed by atoms with Gasteiger partial charge in [0.1, 0.15) is 11.6 Å². The first-order chi connectivity index (χ1) is 12.5. The number of aromatic nitrogens is 3. The van der Waals surface area contributed by atoms with Gasteiger partial charge >= 0.3 is 0 Å². The Morgan fingerprint density at radius 1 is 1.31 bits per heavy atom. The Hall–Kier alpha value is -2.28. The topological polar surface area (TPSA) is 71.8 Å². The van der Waals surface area contributed by atoms with E-state index in [2.05, 4.69) is 20.7 Å². The third kappa shape index (κ3) is 3.35. The van der Waals surface area contributed by atoms with Gasteiger partial charge in [0, 0.05) is 24.0 Å². The molecule has 0 spiro atoms. The molecule has 3 heterocycles. The highest BCUT2D eigenvalue weighted by Crippen LogP contribution is 2.27. The molecule has 2 aliphatic rings. The van der Waals surface area contributed by atoms with E-state index in [-0.39, 0.29) is 29.5 Å². The molecule has 6 nitrogen and oxygen atoms in total. The van der Waals surface area contributed by atoms with Gasteiger partial charge in [-0.05, 0) is 43.9 Å². The third-order valence-electron chi connectivity index (χ3n) is 5.21. The largest absolute Gasteiger partial charge is 0.346 e. The number of piperidine rings is 1. The SMILES string of the molecule is CC(C)c1nc(C(=O)NC2CC3CCC(C2)N3)nn1-c1cccc(F)c1. The van der Waals surface area contributed by atoms with E-state index in [1.165, 1.54) is 25.0 Å². The molecule has 2 aromatic rings. The van der Waals surface area contributed by atoms with Crippen LogP contribution < -0.4 is 10.6 Å². The third-order valence-corrected chi connectivity index (χ3v) is 5.21. The Morgan fingerprint density at radius 2 is 2.04 bits per heavy atom. The molecule has 2 N–H and O–H groups in total. The lowest BCUT2D eigenvalue weighted by Gasteiger charge is -2.29. The van der Waals surface area contributed by atoms with Gasteiger partial charge < -0.3 is 10.6 Å². The first-order valence-corrected chi connectivity index (χ1v) is 9.29. The second-order valence-electron chi connectivity index (χ2n) is 7.62. The number of nitrogens with one attached hydrogen (secondary N) is 2. The number of hydrogen-bond acceptors (Lipinski definition) is 4. The van der Waals surface area contributed by atoms with Gasteiger partial charge in [0.2, 0.25) is 5.82 Å². The molecular formula is C19H24FN5O. The minimum Gasteiger partial charge on any atom is -0.346 e. The lowest BCUT2D eigenvalue weighted by molar-refractivity contribution is 0.0913. The molecule has 7 heteroatoms. The highest BCUT2D eigenvalue weighted by molar-refractivity contribution is 5.90. The van der Waals surface area contributed by atoms with Gasteiger partial charge in [-0.1, -0.05) is 19.9 Å². The molecule has 1 aromatic heterocycles. The number of nitrogens with zero attached hydrogens (tertiary/aromatic N) is 3. The number of hydrogen-bond donors (Lipinski definition) is 2. The van der Waals surface area contributed by atoms with Gasteiger partial charge in [-0.15, -0.1) is 5.10 Å². The van der Waals surface area contributed by atoms with Crippen LogP contribution in [0.5, 0.6) is 0 Å². The second-order valence-corrected chi connectivity index (χ2v) is 7.62. The summed E-state index contributed by atoms with van der Waals surface area (Å²) < 4.78 is 15.2. The average Bonchev–Trinajstić information content (AvgIpc) is 3.19. The summed E-state index contributed by atoms with van der Waals surface area (Å²) >= 11 is 0. The van der Waals surface area contributed by atoms with E-state index >= 15 is 0 Å². The Kier molecular flexibility index (Phi) is 4.48. The van der Waals surface area contributed by atoms with Crippen LogP contribution in [0.15, 0.2) is 24.3 Å². The summed E-state index contributed by atoms with van der Waals surface area (Å²) in [7, 11) is 0. The van der Waals surface area contributed by atoms with Crippen molar-refractivity contribution in [2.75, 3.05) is 0 Å². The summed E-state index contributed by atoms with van der Waals surface area (Å²) in [5.74, 6) is 0.245. The maximum absolute atomic E-state index is 13.6. The fourth-order valence-corrected chi connectivity index (χ4v) is 4.02. The van der Waals surface area contributed by atoms with Gasteiger partial charge in [0.05, 0.1) is 5.69 Å². The molecule has 138 valence electrons. The Labute approximate surface area is 152 Å². The van der Waals surface area contributed by atoms with E-state index in [1.54, 1.807) is 16.8 Å². The molecule has 2 aliphatic heterocycles. The average molecular weight is 357 g/mol. The van der Waals surface area contributed by atoms with Crippen LogP contribution in [0, 0.1) is 5.82 Å². The molecule has 0 saturated carbocycles. The summed E-state index contributed by atoms with van der Waals surface area (Å²) in [6, 6.07) is 7.33.